The zero-order valence-electron chi connectivity index (χ0n) is 17.8. The van der Waals surface area contributed by atoms with Crippen molar-refractivity contribution in [2.75, 3.05) is 30.4 Å². The van der Waals surface area contributed by atoms with Crippen LogP contribution in [0.3, 0.4) is 0 Å². The second-order valence-corrected chi connectivity index (χ2v) is 8.17. The van der Waals surface area contributed by atoms with E-state index in [9.17, 15) is 18.8 Å². The minimum atomic E-state index is -0.725. The van der Waals surface area contributed by atoms with Crippen LogP contribution >= 0.6 is 0 Å². The predicted octanol–water partition coefficient (Wildman–Crippen LogP) is 3.08. The van der Waals surface area contributed by atoms with Gasteiger partial charge < -0.3 is 25.5 Å². The molecule has 2 aliphatic heterocycles. The van der Waals surface area contributed by atoms with Gasteiger partial charge in [-0.15, -0.1) is 0 Å². The Labute approximate surface area is 189 Å². The van der Waals surface area contributed by atoms with Gasteiger partial charge >= 0.3 is 5.91 Å². The molecule has 7 nitrogen and oxygen atoms in total. The van der Waals surface area contributed by atoms with Crippen molar-refractivity contribution in [1.29, 1.82) is 0 Å². The lowest BCUT2D eigenvalue weighted by Gasteiger charge is -2.31. The van der Waals surface area contributed by atoms with Crippen LogP contribution in [0, 0.1) is 16.8 Å². The van der Waals surface area contributed by atoms with Crippen LogP contribution in [0.25, 0.3) is 11.3 Å². The number of carbonyl (C=O) groups excluding carboxylic acids is 1. The number of piperazine rings is 1. The highest BCUT2D eigenvalue weighted by molar-refractivity contribution is 6.04. The zero-order chi connectivity index (χ0) is 23.1. The van der Waals surface area contributed by atoms with E-state index in [1.807, 2.05) is 0 Å². The molecule has 5 rings (SSSR count). The summed E-state index contributed by atoms with van der Waals surface area (Å²) in [6, 6.07) is 13.3. The normalized spacial score (nSPS) is 19.1. The first kappa shape index (κ1) is 21.1. The van der Waals surface area contributed by atoms with Crippen molar-refractivity contribution >= 4 is 17.3 Å². The third kappa shape index (κ3) is 3.74. The maximum absolute atomic E-state index is 14.5. The summed E-state index contributed by atoms with van der Waals surface area (Å²) in [5.74, 6) is -1.71. The van der Waals surface area contributed by atoms with Gasteiger partial charge in [0.1, 0.15) is 22.9 Å². The second-order valence-electron chi connectivity index (χ2n) is 8.17. The Morgan fingerprint density at radius 2 is 2.03 bits per heavy atom. The molecule has 2 bridgehead atoms. The Morgan fingerprint density at radius 1 is 1.21 bits per heavy atom. The zero-order valence-corrected chi connectivity index (χ0v) is 17.8. The molecule has 2 aliphatic rings. The Balaban J connectivity index is 1.49. The van der Waals surface area contributed by atoms with E-state index in [0.29, 0.717) is 16.5 Å². The minimum absolute atomic E-state index is 0.0447. The summed E-state index contributed by atoms with van der Waals surface area (Å²) in [5, 5.41) is 19.2. The van der Waals surface area contributed by atoms with Gasteiger partial charge in [0, 0.05) is 37.3 Å². The quantitative estimate of drug-likeness (QED) is 0.460. The number of methoxy groups -OCH3 is 1. The summed E-state index contributed by atoms with van der Waals surface area (Å²) in [6.07, 6.45) is 0.984. The highest BCUT2D eigenvalue weighted by atomic mass is 19.1. The van der Waals surface area contributed by atoms with Gasteiger partial charge in [-0.1, -0.05) is 6.07 Å². The number of anilines is 2. The molecule has 1 aromatic heterocycles. The Kier molecular flexibility index (Phi) is 5.33. The van der Waals surface area contributed by atoms with Crippen LogP contribution in [0.4, 0.5) is 20.2 Å². The largest absolute Gasteiger partial charge is 0.618 e. The van der Waals surface area contributed by atoms with Crippen LogP contribution < -0.4 is 25.0 Å². The van der Waals surface area contributed by atoms with Crippen LogP contribution in [0.1, 0.15) is 16.9 Å². The van der Waals surface area contributed by atoms with Crippen molar-refractivity contribution in [2.24, 2.45) is 0 Å². The van der Waals surface area contributed by atoms with E-state index in [-0.39, 0.29) is 34.4 Å². The number of hydrogen-bond acceptors (Lipinski definition) is 5. The number of fused-ring (bicyclic) bond motifs is 2. The first-order chi connectivity index (χ1) is 16.0. The average Bonchev–Trinajstić information content (AvgIpc) is 3.43. The summed E-state index contributed by atoms with van der Waals surface area (Å²) in [4.78, 5) is 15.2. The molecule has 2 N–H and O–H groups in total. The van der Waals surface area contributed by atoms with Crippen molar-refractivity contribution in [3.8, 4) is 17.0 Å². The number of ether oxygens (including phenoxy) is 1. The van der Waals surface area contributed by atoms with Crippen LogP contribution in [-0.2, 0) is 0 Å². The summed E-state index contributed by atoms with van der Waals surface area (Å²) >= 11 is 0. The average molecular weight is 452 g/mol. The number of nitrogens with zero attached hydrogens (tertiary/aromatic N) is 2. The number of amides is 1. The Morgan fingerprint density at radius 3 is 2.76 bits per heavy atom. The molecular weight excluding hydrogens is 430 g/mol. The van der Waals surface area contributed by atoms with E-state index in [2.05, 4.69) is 15.5 Å². The van der Waals surface area contributed by atoms with Crippen molar-refractivity contribution in [2.45, 2.75) is 18.5 Å². The van der Waals surface area contributed by atoms with Gasteiger partial charge in [-0.05, 0) is 42.8 Å². The highest BCUT2D eigenvalue weighted by Gasteiger charge is 2.38. The molecule has 3 aromatic rings. The monoisotopic (exact) mass is 452 g/mol. The van der Waals surface area contributed by atoms with Crippen LogP contribution in [0.15, 0.2) is 54.6 Å². The van der Waals surface area contributed by atoms with Crippen LogP contribution in [0.2, 0.25) is 0 Å². The molecule has 0 saturated carbocycles. The van der Waals surface area contributed by atoms with Gasteiger partial charge in [0.25, 0.3) is 5.69 Å². The first-order valence-electron chi connectivity index (χ1n) is 10.6. The molecule has 0 spiro atoms. The molecule has 170 valence electrons. The molecule has 0 unspecified atom stereocenters. The van der Waals surface area contributed by atoms with E-state index in [0.717, 1.165) is 19.5 Å². The lowest BCUT2D eigenvalue weighted by Crippen LogP contribution is -2.44. The highest BCUT2D eigenvalue weighted by Crippen LogP contribution is 2.35. The van der Waals surface area contributed by atoms with E-state index in [4.69, 9.17) is 4.74 Å². The van der Waals surface area contributed by atoms with E-state index >= 15 is 0 Å². The second kappa shape index (κ2) is 8.32. The van der Waals surface area contributed by atoms with Gasteiger partial charge in [0.15, 0.2) is 0 Å². The number of benzene rings is 2. The van der Waals surface area contributed by atoms with Crippen molar-refractivity contribution in [3.05, 3.63) is 77.1 Å². The fraction of sp³-hybridized carbons (Fsp3) is 0.250. The molecule has 33 heavy (non-hydrogen) atoms. The first-order valence-corrected chi connectivity index (χ1v) is 10.6. The van der Waals surface area contributed by atoms with Gasteiger partial charge in [0.2, 0.25) is 5.69 Å². The number of nitrogens with one attached hydrogen (secondary N) is 2. The maximum atomic E-state index is 14.5. The van der Waals surface area contributed by atoms with E-state index in [1.165, 1.54) is 55.6 Å². The Bertz CT molecular complexity index is 1240. The van der Waals surface area contributed by atoms with Crippen molar-refractivity contribution < 1.29 is 23.0 Å². The maximum Gasteiger partial charge on any atom is 0.321 e. The standard InChI is InChI=1S/C24H22F2N4O3/c1-33-22-7-2-4-17(26)23(22)20-5-3-6-21(30(20)32)24(31)28-18-10-14(25)8-9-19(18)29-13-15-11-16(29)12-27-15/h2-10,15-16,27H,11-13H2,1H3,(H,28,31)/t15-,16-/m1/s1. The molecule has 0 radical (unpaired) electrons. The third-order valence-electron chi connectivity index (χ3n) is 6.20. The molecule has 2 aromatic carbocycles. The van der Waals surface area contributed by atoms with E-state index in [1.54, 1.807) is 6.07 Å². The number of halogens is 2. The molecule has 0 aliphatic carbocycles. The molecule has 1 amide bonds. The van der Waals surface area contributed by atoms with Gasteiger partial charge in [-0.2, -0.15) is 4.73 Å². The van der Waals surface area contributed by atoms with Gasteiger partial charge in [0.05, 0.1) is 18.5 Å². The smallest absolute Gasteiger partial charge is 0.321 e. The number of rotatable bonds is 5. The summed E-state index contributed by atoms with van der Waals surface area (Å²) in [5.41, 5.74) is 0.610. The topological polar surface area (TPSA) is 80.5 Å². The number of pyridine rings is 1. The van der Waals surface area contributed by atoms with E-state index < -0.39 is 17.5 Å². The fourth-order valence-electron chi connectivity index (χ4n) is 4.67. The van der Waals surface area contributed by atoms with Crippen molar-refractivity contribution in [3.63, 3.8) is 0 Å². The van der Waals surface area contributed by atoms with Crippen LogP contribution in [0.5, 0.6) is 5.75 Å². The lowest BCUT2D eigenvalue weighted by molar-refractivity contribution is -0.596. The summed E-state index contributed by atoms with van der Waals surface area (Å²) < 4.78 is 34.2. The van der Waals surface area contributed by atoms with Crippen LogP contribution in [-0.4, -0.2) is 38.2 Å². The van der Waals surface area contributed by atoms with Gasteiger partial charge in [-0.3, -0.25) is 4.79 Å². The molecule has 3 heterocycles. The Hall–Kier alpha value is -3.72. The number of hydrogen-bond donors (Lipinski definition) is 2. The molecule has 2 fully saturated rings. The fourth-order valence-corrected chi connectivity index (χ4v) is 4.67. The SMILES string of the molecule is COc1cccc(F)c1-c1cccc(C(=O)Nc2cc(F)ccc2N2C[C@H]3C[C@@H]2CN3)[n+]1[O-]. The molecular formula is C24H22F2N4O3. The molecule has 9 heteroatoms. The minimum Gasteiger partial charge on any atom is -0.618 e. The van der Waals surface area contributed by atoms with Gasteiger partial charge in [-0.25, -0.2) is 8.78 Å². The number of carbonyl (C=O) groups is 1. The number of aromatic nitrogens is 1. The van der Waals surface area contributed by atoms with Crippen molar-refractivity contribution in [1.82, 2.24) is 5.32 Å². The summed E-state index contributed by atoms with van der Waals surface area (Å²) in [7, 11) is 1.37. The lowest BCUT2D eigenvalue weighted by atomic mass is 10.1. The summed E-state index contributed by atoms with van der Waals surface area (Å²) in [6.45, 7) is 1.58. The third-order valence-corrected chi connectivity index (χ3v) is 6.20. The molecule has 2 saturated heterocycles. The molecule has 2 atom stereocenters. The predicted molar refractivity (Wildman–Crippen MR) is 119 cm³/mol.